The highest BCUT2D eigenvalue weighted by Gasteiger charge is 2.08. The topological polar surface area (TPSA) is 30.0 Å². The van der Waals surface area contributed by atoms with Crippen LogP contribution in [-0.4, -0.2) is 11.3 Å². The van der Waals surface area contributed by atoms with E-state index in [1.165, 1.54) is 12.1 Å². The predicted molar refractivity (Wildman–Crippen MR) is 66.3 cm³/mol. The molecule has 0 bridgehead atoms. The van der Waals surface area contributed by atoms with Crippen molar-refractivity contribution in [3.05, 3.63) is 53.5 Å². The Labute approximate surface area is 108 Å². The molecule has 0 spiro atoms. The fourth-order valence-electron chi connectivity index (χ4n) is 1.36. The van der Waals surface area contributed by atoms with Gasteiger partial charge < -0.3 is 0 Å². The van der Waals surface area contributed by atoms with E-state index in [2.05, 4.69) is 4.98 Å². The summed E-state index contributed by atoms with van der Waals surface area (Å²) in [6, 6.07) is 4.35. The molecule has 2 rings (SSSR count). The maximum atomic E-state index is 13.0. The maximum Gasteiger partial charge on any atom is 0.159 e. The Balaban J connectivity index is 0.000000861. The fourth-order valence-corrected chi connectivity index (χ4v) is 1.36. The van der Waals surface area contributed by atoms with E-state index in [0.717, 1.165) is 18.3 Å². The Morgan fingerprint density at radius 1 is 1.00 bits per heavy atom. The van der Waals surface area contributed by atoms with Crippen LogP contribution in [0.5, 0.6) is 0 Å². The number of halogens is 3. The molecule has 0 N–H and O–H groups in total. The fraction of sp³-hybridized carbons (Fsp3) is 0.143. The summed E-state index contributed by atoms with van der Waals surface area (Å²) in [4.78, 5) is 14.2. The number of rotatable bonds is 2. The van der Waals surface area contributed by atoms with Gasteiger partial charge in [-0.1, -0.05) is 13.8 Å². The standard InChI is InChI=1S/C12H6F3NO.C2H6/c13-9-2-1-7(3-10(9)14)12-4-8(6-17)11(15)5-16-12;1-2/h1-6H;1-2H3. The first-order chi connectivity index (χ1) is 9.11. The minimum atomic E-state index is -1.03. The van der Waals surface area contributed by atoms with Crippen molar-refractivity contribution >= 4 is 6.29 Å². The van der Waals surface area contributed by atoms with Gasteiger partial charge in [0, 0.05) is 5.56 Å². The van der Waals surface area contributed by atoms with Gasteiger partial charge in [-0.15, -0.1) is 0 Å². The Morgan fingerprint density at radius 3 is 2.26 bits per heavy atom. The van der Waals surface area contributed by atoms with Crippen LogP contribution in [0.4, 0.5) is 13.2 Å². The molecule has 0 saturated heterocycles. The van der Waals surface area contributed by atoms with E-state index in [9.17, 15) is 18.0 Å². The third kappa shape index (κ3) is 3.40. The van der Waals surface area contributed by atoms with Gasteiger partial charge in [0.1, 0.15) is 0 Å². The molecular formula is C14H12F3NO. The van der Waals surface area contributed by atoms with Gasteiger partial charge in [-0.3, -0.25) is 9.78 Å². The van der Waals surface area contributed by atoms with Crippen LogP contribution in [0.1, 0.15) is 24.2 Å². The third-order valence-electron chi connectivity index (χ3n) is 2.23. The number of aromatic nitrogens is 1. The van der Waals surface area contributed by atoms with E-state index in [1.807, 2.05) is 13.8 Å². The molecule has 0 fully saturated rings. The van der Waals surface area contributed by atoms with Gasteiger partial charge in [0.05, 0.1) is 17.5 Å². The number of hydrogen-bond donors (Lipinski definition) is 0. The van der Waals surface area contributed by atoms with Crippen molar-refractivity contribution in [1.29, 1.82) is 0 Å². The molecule has 0 radical (unpaired) electrons. The molecule has 19 heavy (non-hydrogen) atoms. The molecule has 0 aliphatic rings. The van der Waals surface area contributed by atoms with Crippen LogP contribution in [0.25, 0.3) is 11.3 Å². The number of aldehydes is 1. The second kappa shape index (κ2) is 6.68. The SMILES string of the molecule is CC.O=Cc1cc(-c2ccc(F)c(F)c2)ncc1F. The van der Waals surface area contributed by atoms with Gasteiger partial charge in [0.15, 0.2) is 23.7 Å². The molecule has 1 aromatic carbocycles. The molecule has 100 valence electrons. The van der Waals surface area contributed by atoms with Crippen molar-refractivity contribution in [1.82, 2.24) is 4.98 Å². The zero-order valence-corrected chi connectivity index (χ0v) is 10.5. The predicted octanol–water partition coefficient (Wildman–Crippen LogP) is 4.00. The van der Waals surface area contributed by atoms with E-state index in [1.54, 1.807) is 0 Å². The lowest BCUT2D eigenvalue weighted by Crippen LogP contribution is -1.93. The van der Waals surface area contributed by atoms with Crippen LogP contribution in [0, 0.1) is 17.5 Å². The Hall–Kier alpha value is -2.17. The summed E-state index contributed by atoms with van der Waals surface area (Å²) in [6.07, 6.45) is 1.20. The highest BCUT2D eigenvalue weighted by molar-refractivity contribution is 5.77. The minimum Gasteiger partial charge on any atom is -0.298 e. The summed E-state index contributed by atoms with van der Waals surface area (Å²) in [7, 11) is 0. The second-order valence-electron chi connectivity index (χ2n) is 3.34. The van der Waals surface area contributed by atoms with Gasteiger partial charge in [0.25, 0.3) is 0 Å². The van der Waals surface area contributed by atoms with Crippen LogP contribution < -0.4 is 0 Å². The third-order valence-corrected chi connectivity index (χ3v) is 2.23. The van der Waals surface area contributed by atoms with Crippen LogP contribution in [0.15, 0.2) is 30.5 Å². The van der Waals surface area contributed by atoms with Gasteiger partial charge >= 0.3 is 0 Å². The molecule has 1 aromatic heterocycles. The number of benzene rings is 1. The van der Waals surface area contributed by atoms with Crippen molar-refractivity contribution < 1.29 is 18.0 Å². The van der Waals surface area contributed by atoms with Gasteiger partial charge in [-0.25, -0.2) is 13.2 Å². The lowest BCUT2D eigenvalue weighted by molar-refractivity contribution is 0.111. The first-order valence-corrected chi connectivity index (χ1v) is 5.68. The molecule has 0 atom stereocenters. The smallest absolute Gasteiger partial charge is 0.159 e. The van der Waals surface area contributed by atoms with Gasteiger partial charge in [-0.2, -0.15) is 0 Å². The summed E-state index contributed by atoms with van der Waals surface area (Å²) in [6.45, 7) is 4.00. The first kappa shape index (κ1) is 14.9. The van der Waals surface area contributed by atoms with Crippen molar-refractivity contribution in [3.8, 4) is 11.3 Å². The number of pyridine rings is 1. The Kier molecular flexibility index (Phi) is 5.23. The lowest BCUT2D eigenvalue weighted by Gasteiger charge is -2.03. The normalized spacial score (nSPS) is 9.53. The summed E-state index contributed by atoms with van der Waals surface area (Å²) in [5.41, 5.74) is 0.291. The zero-order valence-electron chi connectivity index (χ0n) is 10.5. The number of nitrogens with zero attached hydrogens (tertiary/aromatic N) is 1. The number of carbonyl (C=O) groups excluding carboxylic acids is 1. The summed E-state index contributed by atoms with van der Waals surface area (Å²) in [5.74, 6) is -2.76. The molecule has 0 aliphatic carbocycles. The molecular weight excluding hydrogens is 255 g/mol. The summed E-state index contributed by atoms with van der Waals surface area (Å²) < 4.78 is 38.7. The van der Waals surface area contributed by atoms with Crippen LogP contribution in [0.2, 0.25) is 0 Å². The van der Waals surface area contributed by atoms with E-state index < -0.39 is 17.5 Å². The number of hydrogen-bond acceptors (Lipinski definition) is 2. The Morgan fingerprint density at radius 2 is 1.68 bits per heavy atom. The average molecular weight is 267 g/mol. The minimum absolute atomic E-state index is 0.181. The number of carbonyl (C=O) groups is 1. The molecule has 0 aliphatic heterocycles. The monoisotopic (exact) mass is 267 g/mol. The van der Waals surface area contributed by atoms with E-state index in [-0.39, 0.29) is 16.8 Å². The molecule has 5 heteroatoms. The molecule has 0 unspecified atom stereocenters. The van der Waals surface area contributed by atoms with Crippen molar-refractivity contribution in [2.75, 3.05) is 0 Å². The van der Waals surface area contributed by atoms with Gasteiger partial charge in [0.2, 0.25) is 0 Å². The van der Waals surface area contributed by atoms with Crippen LogP contribution in [0.3, 0.4) is 0 Å². The van der Waals surface area contributed by atoms with Crippen molar-refractivity contribution in [2.24, 2.45) is 0 Å². The van der Waals surface area contributed by atoms with Crippen LogP contribution in [-0.2, 0) is 0 Å². The van der Waals surface area contributed by atoms with Crippen LogP contribution >= 0.6 is 0 Å². The molecule has 0 amide bonds. The maximum absolute atomic E-state index is 13.0. The molecule has 0 saturated carbocycles. The van der Waals surface area contributed by atoms with Crippen molar-refractivity contribution in [2.45, 2.75) is 13.8 Å². The highest BCUT2D eigenvalue weighted by atomic mass is 19.2. The largest absolute Gasteiger partial charge is 0.298 e. The summed E-state index contributed by atoms with van der Waals surface area (Å²) in [5, 5.41) is 0. The van der Waals surface area contributed by atoms with Gasteiger partial charge in [-0.05, 0) is 24.3 Å². The first-order valence-electron chi connectivity index (χ1n) is 5.68. The van der Waals surface area contributed by atoms with E-state index >= 15 is 0 Å². The highest BCUT2D eigenvalue weighted by Crippen LogP contribution is 2.20. The lowest BCUT2D eigenvalue weighted by atomic mass is 10.1. The van der Waals surface area contributed by atoms with Crippen molar-refractivity contribution in [3.63, 3.8) is 0 Å². The summed E-state index contributed by atoms with van der Waals surface area (Å²) >= 11 is 0. The van der Waals surface area contributed by atoms with E-state index in [4.69, 9.17) is 0 Å². The van der Waals surface area contributed by atoms with E-state index in [0.29, 0.717) is 6.29 Å². The second-order valence-corrected chi connectivity index (χ2v) is 3.34. The average Bonchev–Trinajstić information content (AvgIpc) is 2.45. The molecule has 2 nitrogen and oxygen atoms in total. The quantitative estimate of drug-likeness (QED) is 0.770. The zero-order chi connectivity index (χ0) is 14.4. The molecule has 1 heterocycles. The Bertz CT molecular complexity index is 585. The molecule has 2 aromatic rings.